The Morgan fingerprint density at radius 1 is 1.26 bits per heavy atom. The summed E-state index contributed by atoms with van der Waals surface area (Å²) >= 11 is 0. The minimum absolute atomic E-state index is 0.147. The molecule has 0 radical (unpaired) electrons. The van der Waals surface area contributed by atoms with Crippen molar-refractivity contribution in [2.75, 3.05) is 10.2 Å². The third kappa shape index (κ3) is 5.35. The van der Waals surface area contributed by atoms with Crippen LogP contribution in [0.4, 0.5) is 21.6 Å². The Bertz CT molecular complexity index is 1330. The largest absolute Gasteiger partial charge is 0.338 e. The zero-order valence-corrected chi connectivity index (χ0v) is 23.4. The number of hydrogen-bond acceptors (Lipinski definition) is 4. The SMILES string of the molecule is C=C/C(F)=C(\C=C(C)C)Nc1nc(-c2ccc3c(c2)N(C2CC(CC)C2)C(=O)C3C)cc(N=CCC)c1C. The fourth-order valence-electron chi connectivity index (χ4n) is 5.24. The molecule has 1 N–H and O–H groups in total. The van der Waals surface area contributed by atoms with E-state index in [2.05, 4.69) is 35.9 Å². The van der Waals surface area contributed by atoms with Gasteiger partial charge in [-0.1, -0.05) is 44.6 Å². The molecule has 2 aromatic rings. The first-order valence-corrected chi connectivity index (χ1v) is 13.6. The van der Waals surface area contributed by atoms with Crippen molar-refractivity contribution in [1.82, 2.24) is 4.98 Å². The molecule has 1 aliphatic carbocycles. The quantitative estimate of drug-likeness (QED) is 0.269. The summed E-state index contributed by atoms with van der Waals surface area (Å²) in [6.45, 7) is 15.6. The molecule has 1 saturated carbocycles. The third-order valence-electron chi connectivity index (χ3n) is 7.59. The number of aromatic nitrogens is 1. The van der Waals surface area contributed by atoms with Crippen LogP contribution in [0, 0.1) is 12.8 Å². The first kappa shape index (κ1) is 27.5. The molecule has 5 nitrogen and oxygen atoms in total. The first-order valence-electron chi connectivity index (χ1n) is 13.6. The van der Waals surface area contributed by atoms with E-state index < -0.39 is 5.83 Å². The van der Waals surface area contributed by atoms with E-state index in [9.17, 15) is 9.18 Å². The summed E-state index contributed by atoms with van der Waals surface area (Å²) in [4.78, 5) is 24.8. The number of aliphatic imine (C=N–C) groups is 1. The number of nitrogens with one attached hydrogen (secondary N) is 1. The van der Waals surface area contributed by atoms with E-state index in [4.69, 9.17) is 4.98 Å². The van der Waals surface area contributed by atoms with Gasteiger partial charge in [0.25, 0.3) is 0 Å². The second-order valence-corrected chi connectivity index (χ2v) is 10.6. The number of rotatable bonds is 9. The summed E-state index contributed by atoms with van der Waals surface area (Å²) in [7, 11) is 0. The maximum atomic E-state index is 14.7. The normalized spacial score (nSPS) is 21.2. The number of fused-ring (bicyclic) bond motifs is 1. The smallest absolute Gasteiger partial charge is 0.234 e. The zero-order valence-electron chi connectivity index (χ0n) is 23.4. The maximum absolute atomic E-state index is 14.7. The number of anilines is 2. The number of benzene rings is 1. The van der Waals surface area contributed by atoms with Crippen LogP contribution in [-0.2, 0) is 4.79 Å². The van der Waals surface area contributed by atoms with E-state index in [1.807, 2.05) is 57.9 Å². The molecule has 38 heavy (non-hydrogen) atoms. The molecular formula is C32H39FN4O. The van der Waals surface area contributed by atoms with Crippen molar-refractivity contribution in [2.24, 2.45) is 10.9 Å². The predicted octanol–water partition coefficient (Wildman–Crippen LogP) is 8.55. The summed E-state index contributed by atoms with van der Waals surface area (Å²) < 4.78 is 14.7. The summed E-state index contributed by atoms with van der Waals surface area (Å²) in [6.07, 6.45) is 8.84. The van der Waals surface area contributed by atoms with Crippen molar-refractivity contribution < 1.29 is 9.18 Å². The lowest BCUT2D eigenvalue weighted by molar-refractivity contribution is -0.120. The Kier molecular flexibility index (Phi) is 8.29. The number of pyridine rings is 1. The molecule has 1 fully saturated rings. The fourth-order valence-corrected chi connectivity index (χ4v) is 5.24. The Hall–Kier alpha value is -3.54. The molecule has 1 aliphatic heterocycles. The maximum Gasteiger partial charge on any atom is 0.234 e. The molecule has 2 heterocycles. The van der Waals surface area contributed by atoms with E-state index in [0.717, 1.165) is 59.3 Å². The standard InChI is InChI=1S/C32H39FN4O/c1-8-13-34-27-18-28(35-31(21(27)7)36-29(14-19(4)5)26(33)10-3)23-11-12-25-20(6)32(38)37(30(25)17-23)24-15-22(9-2)16-24/h10-14,17-18,20,22,24H,3,8-9,15-16H2,1-2,4-7H3,(H,35,36)/b29-26-,34-13?. The number of halogens is 1. The van der Waals surface area contributed by atoms with Gasteiger partial charge < -0.3 is 10.2 Å². The van der Waals surface area contributed by atoms with E-state index in [1.54, 1.807) is 6.08 Å². The van der Waals surface area contributed by atoms with E-state index >= 15 is 0 Å². The van der Waals surface area contributed by atoms with Crippen molar-refractivity contribution >= 4 is 29.3 Å². The predicted molar refractivity (Wildman–Crippen MR) is 157 cm³/mol. The number of allylic oxidation sites excluding steroid dienone is 4. The summed E-state index contributed by atoms with van der Waals surface area (Å²) in [5.74, 6) is 0.803. The monoisotopic (exact) mass is 514 g/mol. The van der Waals surface area contributed by atoms with E-state index in [-0.39, 0.29) is 17.9 Å². The van der Waals surface area contributed by atoms with Crippen LogP contribution in [0.2, 0.25) is 0 Å². The molecule has 1 aromatic carbocycles. The second kappa shape index (κ2) is 11.5. The van der Waals surface area contributed by atoms with Gasteiger partial charge in [-0.15, -0.1) is 0 Å². The molecule has 1 aromatic heterocycles. The van der Waals surface area contributed by atoms with Crippen LogP contribution < -0.4 is 10.2 Å². The van der Waals surface area contributed by atoms with Crippen LogP contribution in [0.3, 0.4) is 0 Å². The van der Waals surface area contributed by atoms with Gasteiger partial charge in [0.05, 0.1) is 23.0 Å². The van der Waals surface area contributed by atoms with Crippen LogP contribution in [-0.4, -0.2) is 23.1 Å². The highest BCUT2D eigenvalue weighted by Gasteiger charge is 2.43. The van der Waals surface area contributed by atoms with Gasteiger partial charge in [-0.25, -0.2) is 9.37 Å². The van der Waals surface area contributed by atoms with Gasteiger partial charge in [0, 0.05) is 29.1 Å². The third-order valence-corrected chi connectivity index (χ3v) is 7.59. The van der Waals surface area contributed by atoms with Crippen LogP contribution in [0.25, 0.3) is 11.3 Å². The number of nitrogens with zero attached hydrogens (tertiary/aromatic N) is 3. The van der Waals surface area contributed by atoms with Crippen molar-refractivity contribution in [3.63, 3.8) is 0 Å². The molecule has 0 bridgehead atoms. The molecule has 2 aliphatic rings. The molecule has 1 unspecified atom stereocenters. The molecule has 200 valence electrons. The number of hydrogen-bond donors (Lipinski definition) is 1. The highest BCUT2D eigenvalue weighted by atomic mass is 19.1. The van der Waals surface area contributed by atoms with Crippen molar-refractivity contribution in [2.45, 2.75) is 79.2 Å². The molecular weight excluding hydrogens is 475 g/mol. The zero-order chi connectivity index (χ0) is 27.6. The summed E-state index contributed by atoms with van der Waals surface area (Å²) in [5.41, 5.74) is 6.49. The average Bonchev–Trinajstić information content (AvgIpc) is 3.12. The molecule has 4 rings (SSSR count). The minimum atomic E-state index is -0.456. The molecule has 6 heteroatoms. The summed E-state index contributed by atoms with van der Waals surface area (Å²) in [6, 6.07) is 8.38. The van der Waals surface area contributed by atoms with Crippen molar-refractivity contribution in [1.29, 1.82) is 0 Å². The molecule has 1 amide bonds. The minimum Gasteiger partial charge on any atom is -0.338 e. The molecule has 0 spiro atoms. The molecule has 1 atom stereocenters. The fraction of sp³-hybridized carbons (Fsp3) is 0.406. The topological polar surface area (TPSA) is 57.6 Å². The van der Waals surface area contributed by atoms with Gasteiger partial charge in [-0.3, -0.25) is 9.79 Å². The Morgan fingerprint density at radius 2 is 2.00 bits per heavy atom. The Balaban J connectivity index is 1.80. The lowest BCUT2D eigenvalue weighted by Gasteiger charge is -2.41. The number of carbonyl (C=O) groups excluding carboxylic acids is 1. The highest BCUT2D eigenvalue weighted by Crippen LogP contribution is 2.46. The average molecular weight is 515 g/mol. The van der Waals surface area contributed by atoms with E-state index in [1.165, 1.54) is 6.08 Å². The van der Waals surface area contributed by atoms with Gasteiger partial charge >= 0.3 is 0 Å². The number of amides is 1. The lowest BCUT2D eigenvalue weighted by atomic mass is 9.77. The Morgan fingerprint density at radius 3 is 2.63 bits per heavy atom. The van der Waals surface area contributed by atoms with Gasteiger partial charge in [-0.05, 0) is 82.7 Å². The van der Waals surface area contributed by atoms with Crippen molar-refractivity contribution in [3.8, 4) is 11.3 Å². The van der Waals surface area contributed by atoms with Gasteiger partial charge in [-0.2, -0.15) is 0 Å². The van der Waals surface area contributed by atoms with Crippen molar-refractivity contribution in [3.05, 3.63) is 71.2 Å². The summed E-state index contributed by atoms with van der Waals surface area (Å²) in [5, 5.41) is 3.19. The first-order chi connectivity index (χ1) is 18.2. The van der Waals surface area contributed by atoms with E-state index in [0.29, 0.717) is 23.1 Å². The van der Waals surface area contributed by atoms with Crippen LogP contribution >= 0.6 is 0 Å². The lowest BCUT2D eigenvalue weighted by Crippen LogP contribution is -2.46. The highest BCUT2D eigenvalue weighted by molar-refractivity contribution is 6.06. The van der Waals surface area contributed by atoms with Gasteiger partial charge in [0.2, 0.25) is 5.91 Å². The number of carbonyl (C=O) groups is 1. The second-order valence-electron chi connectivity index (χ2n) is 10.6. The van der Waals surface area contributed by atoms with Crippen LogP contribution in [0.5, 0.6) is 0 Å². The van der Waals surface area contributed by atoms with Crippen LogP contribution in [0.15, 0.2) is 65.1 Å². The molecule has 0 saturated heterocycles. The van der Waals surface area contributed by atoms with Crippen LogP contribution in [0.1, 0.15) is 77.3 Å². The Labute approximate surface area is 226 Å². The van der Waals surface area contributed by atoms with Gasteiger partial charge in [0.1, 0.15) is 11.6 Å². The van der Waals surface area contributed by atoms with Gasteiger partial charge in [0.15, 0.2) is 0 Å².